The van der Waals surface area contributed by atoms with E-state index in [-0.39, 0.29) is 11.1 Å². The molecular weight excluding hydrogens is 286 g/mol. The number of nitrogens with zero attached hydrogens (tertiary/aromatic N) is 1. The quantitative estimate of drug-likeness (QED) is 0.846. The zero-order valence-electron chi connectivity index (χ0n) is 12.1. The molecule has 1 aromatic heterocycles. The second-order valence-electron chi connectivity index (χ2n) is 4.71. The summed E-state index contributed by atoms with van der Waals surface area (Å²) >= 11 is 5.83. The third-order valence-electron chi connectivity index (χ3n) is 3.38. The number of carbonyl (C=O) groups excluding carboxylic acids is 1. The van der Waals surface area contributed by atoms with Gasteiger partial charge in [0, 0.05) is 5.69 Å². The lowest BCUT2D eigenvalue weighted by Gasteiger charge is -2.15. The molecule has 0 saturated heterocycles. The smallest absolute Gasteiger partial charge is 0.257 e. The average molecular weight is 304 g/mol. The SMILES string of the molecule is CCc1cccc(CC)c1NC(=O)c1cc(Cl)ncc1N. The molecule has 0 saturated carbocycles. The van der Waals surface area contributed by atoms with E-state index in [2.05, 4.69) is 24.1 Å². The van der Waals surface area contributed by atoms with Crippen LogP contribution in [0.2, 0.25) is 5.15 Å². The first-order valence-corrected chi connectivity index (χ1v) is 7.27. The van der Waals surface area contributed by atoms with Gasteiger partial charge in [0.15, 0.2) is 0 Å². The summed E-state index contributed by atoms with van der Waals surface area (Å²) in [6.07, 6.45) is 3.08. The van der Waals surface area contributed by atoms with Crippen LogP contribution >= 0.6 is 11.6 Å². The zero-order valence-corrected chi connectivity index (χ0v) is 12.9. The molecule has 0 fully saturated rings. The van der Waals surface area contributed by atoms with E-state index in [1.165, 1.54) is 12.3 Å². The van der Waals surface area contributed by atoms with Gasteiger partial charge in [-0.25, -0.2) is 4.98 Å². The summed E-state index contributed by atoms with van der Waals surface area (Å²) in [5.74, 6) is -0.271. The van der Waals surface area contributed by atoms with Gasteiger partial charge in [0.2, 0.25) is 0 Å². The van der Waals surface area contributed by atoms with Crippen molar-refractivity contribution in [3.8, 4) is 0 Å². The van der Waals surface area contributed by atoms with Crippen LogP contribution in [0.1, 0.15) is 35.3 Å². The number of rotatable bonds is 4. The number of nitrogens with one attached hydrogen (secondary N) is 1. The molecule has 0 aliphatic rings. The number of halogens is 1. The van der Waals surface area contributed by atoms with Crippen molar-refractivity contribution in [2.45, 2.75) is 26.7 Å². The lowest BCUT2D eigenvalue weighted by molar-refractivity contribution is 0.102. The summed E-state index contributed by atoms with van der Waals surface area (Å²) in [5, 5.41) is 3.20. The maximum absolute atomic E-state index is 12.4. The third kappa shape index (κ3) is 3.34. The van der Waals surface area contributed by atoms with Crippen molar-refractivity contribution in [3.63, 3.8) is 0 Å². The number of hydrogen-bond donors (Lipinski definition) is 2. The van der Waals surface area contributed by atoms with Crippen LogP contribution in [-0.2, 0) is 12.8 Å². The standard InChI is InChI=1S/C16H18ClN3O/c1-3-10-6-5-7-11(4-2)15(10)20-16(21)12-8-14(17)19-9-13(12)18/h5-9H,3-4,18H2,1-2H3,(H,20,21). The molecule has 0 bridgehead atoms. The maximum atomic E-state index is 12.4. The first-order chi connectivity index (χ1) is 10.1. The number of pyridine rings is 1. The topological polar surface area (TPSA) is 68.0 Å². The van der Waals surface area contributed by atoms with Crippen LogP contribution in [0.3, 0.4) is 0 Å². The number of hydrogen-bond acceptors (Lipinski definition) is 3. The molecule has 1 aromatic carbocycles. The molecule has 1 heterocycles. The molecule has 0 radical (unpaired) electrons. The van der Waals surface area contributed by atoms with Crippen LogP contribution in [0.5, 0.6) is 0 Å². The van der Waals surface area contributed by atoms with E-state index < -0.39 is 0 Å². The zero-order chi connectivity index (χ0) is 15.4. The highest BCUT2D eigenvalue weighted by atomic mass is 35.5. The van der Waals surface area contributed by atoms with Crippen LogP contribution in [0.15, 0.2) is 30.5 Å². The maximum Gasteiger partial charge on any atom is 0.257 e. The lowest BCUT2D eigenvalue weighted by Crippen LogP contribution is -2.16. The Morgan fingerprint density at radius 1 is 1.29 bits per heavy atom. The normalized spacial score (nSPS) is 10.4. The van der Waals surface area contributed by atoms with Crippen LogP contribution in [0, 0.1) is 0 Å². The Kier molecular flexibility index (Phi) is 4.81. The Morgan fingerprint density at radius 2 is 1.90 bits per heavy atom. The minimum absolute atomic E-state index is 0.244. The van der Waals surface area contributed by atoms with Crippen molar-refractivity contribution in [2.75, 3.05) is 11.1 Å². The Balaban J connectivity index is 2.38. The summed E-state index contributed by atoms with van der Waals surface area (Å²) < 4.78 is 0. The summed E-state index contributed by atoms with van der Waals surface area (Å²) in [5.41, 5.74) is 9.51. The summed E-state index contributed by atoms with van der Waals surface area (Å²) in [6.45, 7) is 4.12. The van der Waals surface area contributed by atoms with E-state index in [9.17, 15) is 4.79 Å². The first kappa shape index (κ1) is 15.3. The Morgan fingerprint density at radius 3 is 2.48 bits per heavy atom. The molecule has 3 N–H and O–H groups in total. The van der Waals surface area contributed by atoms with Gasteiger partial charge < -0.3 is 11.1 Å². The predicted octanol–water partition coefficient (Wildman–Crippen LogP) is 3.69. The first-order valence-electron chi connectivity index (χ1n) is 6.89. The average Bonchev–Trinajstić information content (AvgIpc) is 2.49. The van der Waals surface area contributed by atoms with Crippen LogP contribution in [-0.4, -0.2) is 10.9 Å². The molecule has 4 nitrogen and oxygen atoms in total. The van der Waals surface area contributed by atoms with Crippen molar-refractivity contribution in [1.29, 1.82) is 0 Å². The van der Waals surface area contributed by atoms with Crippen molar-refractivity contribution >= 4 is 28.9 Å². The second kappa shape index (κ2) is 6.59. The number of nitrogen functional groups attached to an aromatic ring is 1. The largest absolute Gasteiger partial charge is 0.397 e. The number of nitrogens with two attached hydrogens (primary N) is 1. The molecule has 21 heavy (non-hydrogen) atoms. The highest BCUT2D eigenvalue weighted by molar-refractivity contribution is 6.30. The Hall–Kier alpha value is -2.07. The van der Waals surface area contributed by atoms with E-state index in [0.29, 0.717) is 11.3 Å². The van der Waals surface area contributed by atoms with Gasteiger partial charge in [-0.3, -0.25) is 4.79 Å². The number of aryl methyl sites for hydroxylation is 2. The van der Waals surface area contributed by atoms with Gasteiger partial charge >= 0.3 is 0 Å². The van der Waals surface area contributed by atoms with Gasteiger partial charge in [0.25, 0.3) is 5.91 Å². The highest BCUT2D eigenvalue weighted by Gasteiger charge is 2.14. The molecule has 0 atom stereocenters. The Labute approximate surface area is 129 Å². The number of anilines is 2. The predicted molar refractivity (Wildman–Crippen MR) is 86.8 cm³/mol. The van der Waals surface area contributed by atoms with Crippen molar-refractivity contribution in [2.24, 2.45) is 0 Å². The molecule has 1 amide bonds. The molecule has 2 rings (SSSR count). The van der Waals surface area contributed by atoms with Crippen molar-refractivity contribution in [3.05, 3.63) is 52.3 Å². The van der Waals surface area contributed by atoms with E-state index in [0.717, 1.165) is 29.7 Å². The molecule has 0 aliphatic carbocycles. The number of para-hydroxylation sites is 1. The van der Waals surface area contributed by atoms with E-state index >= 15 is 0 Å². The number of aromatic nitrogens is 1. The van der Waals surface area contributed by atoms with Crippen LogP contribution in [0.4, 0.5) is 11.4 Å². The van der Waals surface area contributed by atoms with Crippen LogP contribution in [0.25, 0.3) is 0 Å². The van der Waals surface area contributed by atoms with Gasteiger partial charge in [-0.05, 0) is 30.0 Å². The third-order valence-corrected chi connectivity index (χ3v) is 3.59. The molecule has 5 heteroatoms. The Bertz CT molecular complexity index is 648. The monoisotopic (exact) mass is 303 g/mol. The fourth-order valence-corrected chi connectivity index (χ4v) is 2.38. The number of amides is 1. The van der Waals surface area contributed by atoms with Gasteiger partial charge in [0.1, 0.15) is 5.15 Å². The molecule has 0 aliphatic heterocycles. The fourth-order valence-electron chi connectivity index (χ4n) is 2.22. The second-order valence-corrected chi connectivity index (χ2v) is 5.09. The highest BCUT2D eigenvalue weighted by Crippen LogP contribution is 2.24. The van der Waals surface area contributed by atoms with Crippen molar-refractivity contribution in [1.82, 2.24) is 4.98 Å². The van der Waals surface area contributed by atoms with Crippen LogP contribution < -0.4 is 11.1 Å². The minimum Gasteiger partial charge on any atom is -0.397 e. The summed E-state index contributed by atoms with van der Waals surface area (Å²) in [4.78, 5) is 16.3. The van der Waals surface area contributed by atoms with Gasteiger partial charge in [-0.1, -0.05) is 43.6 Å². The lowest BCUT2D eigenvalue weighted by atomic mass is 10.0. The fraction of sp³-hybridized carbons (Fsp3) is 0.250. The molecule has 0 spiro atoms. The van der Waals surface area contributed by atoms with Crippen molar-refractivity contribution < 1.29 is 4.79 Å². The van der Waals surface area contributed by atoms with E-state index in [1.807, 2.05) is 18.2 Å². The van der Waals surface area contributed by atoms with E-state index in [4.69, 9.17) is 17.3 Å². The number of carbonyl (C=O) groups is 1. The van der Waals surface area contributed by atoms with Gasteiger partial charge in [-0.2, -0.15) is 0 Å². The summed E-state index contributed by atoms with van der Waals surface area (Å²) in [6, 6.07) is 7.51. The molecule has 0 unspecified atom stereocenters. The summed E-state index contributed by atoms with van der Waals surface area (Å²) in [7, 11) is 0. The van der Waals surface area contributed by atoms with E-state index in [1.54, 1.807) is 0 Å². The molecule has 110 valence electrons. The minimum atomic E-state index is -0.271. The molecule has 2 aromatic rings. The van der Waals surface area contributed by atoms with Gasteiger partial charge in [-0.15, -0.1) is 0 Å². The molecular formula is C16H18ClN3O. The van der Waals surface area contributed by atoms with Gasteiger partial charge in [0.05, 0.1) is 17.4 Å². The number of benzene rings is 1.